The SMILES string of the molecule is Nc1ccccc1NC(=O)CCCCCCC(=O)c1ccc(-c2ccc(CN3CCOCC3)cc2)cc1. The normalized spacial score (nSPS) is 13.8. The van der Waals surface area contributed by atoms with E-state index in [9.17, 15) is 9.59 Å². The minimum atomic E-state index is -0.0270. The maximum Gasteiger partial charge on any atom is 0.224 e. The lowest BCUT2D eigenvalue weighted by molar-refractivity contribution is -0.116. The molecule has 0 atom stereocenters. The van der Waals surface area contributed by atoms with Crippen molar-refractivity contribution in [3.8, 4) is 11.1 Å². The molecule has 1 aliphatic rings. The quantitative estimate of drug-likeness (QED) is 0.183. The highest BCUT2D eigenvalue weighted by molar-refractivity contribution is 5.96. The molecule has 4 rings (SSSR count). The van der Waals surface area contributed by atoms with E-state index in [1.54, 1.807) is 12.1 Å². The summed E-state index contributed by atoms with van der Waals surface area (Å²) in [5.74, 6) is 0.144. The van der Waals surface area contributed by atoms with Gasteiger partial charge in [-0.05, 0) is 41.7 Å². The fourth-order valence-electron chi connectivity index (χ4n) is 4.56. The van der Waals surface area contributed by atoms with Crippen molar-refractivity contribution in [1.82, 2.24) is 4.90 Å². The molecule has 1 heterocycles. The molecule has 6 heteroatoms. The van der Waals surface area contributed by atoms with E-state index in [-0.39, 0.29) is 11.7 Å². The summed E-state index contributed by atoms with van der Waals surface area (Å²) in [6.07, 6.45) is 4.47. The molecule has 0 saturated carbocycles. The zero-order valence-corrected chi connectivity index (χ0v) is 21.5. The summed E-state index contributed by atoms with van der Waals surface area (Å²) in [6, 6.07) is 23.9. The number of benzene rings is 3. The van der Waals surface area contributed by atoms with Gasteiger partial charge in [-0.1, -0.05) is 73.5 Å². The Labute approximate surface area is 219 Å². The van der Waals surface area contributed by atoms with Gasteiger partial charge in [-0.2, -0.15) is 0 Å². The van der Waals surface area contributed by atoms with Crippen LogP contribution in [-0.2, 0) is 16.1 Å². The van der Waals surface area contributed by atoms with E-state index in [1.807, 2.05) is 36.4 Å². The highest BCUT2D eigenvalue weighted by atomic mass is 16.5. The van der Waals surface area contributed by atoms with E-state index < -0.39 is 0 Å². The van der Waals surface area contributed by atoms with Gasteiger partial charge in [0.05, 0.1) is 24.6 Å². The predicted octanol–water partition coefficient (Wildman–Crippen LogP) is 5.93. The molecular weight excluding hydrogens is 462 g/mol. The molecule has 0 spiro atoms. The zero-order chi connectivity index (χ0) is 25.9. The monoisotopic (exact) mass is 499 g/mol. The summed E-state index contributed by atoms with van der Waals surface area (Å²) in [4.78, 5) is 27.1. The zero-order valence-electron chi connectivity index (χ0n) is 21.5. The van der Waals surface area contributed by atoms with Crippen LogP contribution in [0.1, 0.15) is 54.4 Å². The number of ketones is 1. The topological polar surface area (TPSA) is 84.7 Å². The molecule has 3 aromatic carbocycles. The van der Waals surface area contributed by atoms with Gasteiger partial charge in [0.2, 0.25) is 5.91 Å². The van der Waals surface area contributed by atoms with Crippen LogP contribution in [-0.4, -0.2) is 42.9 Å². The van der Waals surface area contributed by atoms with Gasteiger partial charge in [-0.15, -0.1) is 0 Å². The number of nitrogens with zero attached hydrogens (tertiary/aromatic N) is 1. The highest BCUT2D eigenvalue weighted by Gasteiger charge is 2.11. The van der Waals surface area contributed by atoms with Crippen LogP contribution in [0, 0.1) is 0 Å². The van der Waals surface area contributed by atoms with E-state index >= 15 is 0 Å². The van der Waals surface area contributed by atoms with Crippen molar-refractivity contribution in [3.05, 3.63) is 83.9 Å². The number of nitrogens with two attached hydrogens (primary N) is 1. The van der Waals surface area contributed by atoms with Crippen LogP contribution in [0.3, 0.4) is 0 Å². The number of para-hydroxylation sites is 2. The third kappa shape index (κ3) is 8.27. The van der Waals surface area contributed by atoms with Gasteiger partial charge < -0.3 is 15.8 Å². The van der Waals surface area contributed by atoms with Gasteiger partial charge in [0.1, 0.15) is 0 Å². The van der Waals surface area contributed by atoms with Crippen LogP contribution in [0.4, 0.5) is 11.4 Å². The first-order valence-electron chi connectivity index (χ1n) is 13.3. The Morgan fingerprint density at radius 3 is 2.08 bits per heavy atom. The van der Waals surface area contributed by atoms with Gasteiger partial charge in [0.25, 0.3) is 0 Å². The number of amides is 1. The molecule has 0 unspecified atom stereocenters. The second kappa shape index (κ2) is 13.7. The molecule has 6 nitrogen and oxygen atoms in total. The number of nitrogens with one attached hydrogen (secondary N) is 1. The number of hydrogen-bond acceptors (Lipinski definition) is 5. The van der Waals surface area contributed by atoms with Gasteiger partial charge >= 0.3 is 0 Å². The summed E-state index contributed by atoms with van der Waals surface area (Å²) in [5.41, 5.74) is 11.4. The summed E-state index contributed by atoms with van der Waals surface area (Å²) in [7, 11) is 0. The summed E-state index contributed by atoms with van der Waals surface area (Å²) >= 11 is 0. The van der Waals surface area contributed by atoms with Crippen molar-refractivity contribution in [2.75, 3.05) is 37.4 Å². The van der Waals surface area contributed by atoms with Gasteiger partial charge in [-0.25, -0.2) is 0 Å². The minimum Gasteiger partial charge on any atom is -0.397 e. The second-order valence-corrected chi connectivity index (χ2v) is 9.64. The molecule has 1 saturated heterocycles. The molecule has 1 aliphatic heterocycles. The Hall–Kier alpha value is -3.48. The first-order valence-corrected chi connectivity index (χ1v) is 13.3. The van der Waals surface area contributed by atoms with Crippen LogP contribution in [0.15, 0.2) is 72.8 Å². The lowest BCUT2D eigenvalue weighted by atomic mass is 9.99. The highest BCUT2D eigenvalue weighted by Crippen LogP contribution is 2.22. The van der Waals surface area contributed by atoms with E-state index in [2.05, 4.69) is 34.5 Å². The van der Waals surface area contributed by atoms with E-state index in [4.69, 9.17) is 10.5 Å². The molecule has 194 valence electrons. The van der Waals surface area contributed by atoms with Crippen molar-refractivity contribution < 1.29 is 14.3 Å². The van der Waals surface area contributed by atoms with Crippen LogP contribution in [0.2, 0.25) is 0 Å². The van der Waals surface area contributed by atoms with Crippen LogP contribution in [0.25, 0.3) is 11.1 Å². The van der Waals surface area contributed by atoms with Crippen molar-refractivity contribution in [1.29, 1.82) is 0 Å². The number of anilines is 2. The molecule has 3 N–H and O–H groups in total. The standard InChI is InChI=1S/C31H37N3O3/c32-28-7-5-6-8-29(28)33-31(36)10-4-2-1-3-9-30(35)27-17-15-26(16-18-27)25-13-11-24(12-14-25)23-34-19-21-37-22-20-34/h5-8,11-18H,1-4,9-10,19-23,32H2,(H,33,36). The number of carbonyl (C=O) groups is 2. The maximum absolute atomic E-state index is 12.6. The van der Waals surface area contributed by atoms with Gasteiger partial charge in [0, 0.05) is 38.0 Å². The Kier molecular flexibility index (Phi) is 9.86. The largest absolute Gasteiger partial charge is 0.397 e. The van der Waals surface area contributed by atoms with Crippen molar-refractivity contribution in [3.63, 3.8) is 0 Å². The number of rotatable bonds is 12. The first kappa shape index (κ1) is 26.6. The second-order valence-electron chi connectivity index (χ2n) is 9.64. The third-order valence-corrected chi connectivity index (χ3v) is 6.80. The molecule has 1 fully saturated rings. The summed E-state index contributed by atoms with van der Waals surface area (Å²) in [5, 5.41) is 2.85. The number of carbonyl (C=O) groups excluding carboxylic acids is 2. The number of ether oxygens (including phenoxy) is 1. The lowest BCUT2D eigenvalue weighted by Gasteiger charge is -2.26. The summed E-state index contributed by atoms with van der Waals surface area (Å²) in [6.45, 7) is 4.55. The average Bonchev–Trinajstić information content (AvgIpc) is 2.93. The predicted molar refractivity (Wildman–Crippen MR) is 149 cm³/mol. The van der Waals surface area contributed by atoms with Crippen molar-refractivity contribution in [2.24, 2.45) is 0 Å². The number of nitrogen functional groups attached to an aromatic ring is 1. The van der Waals surface area contributed by atoms with E-state index in [1.165, 1.54) is 5.56 Å². The Balaban J connectivity index is 1.14. The molecule has 1 amide bonds. The first-order chi connectivity index (χ1) is 18.1. The molecule has 0 bridgehead atoms. The van der Waals surface area contributed by atoms with Gasteiger partial charge in [0.15, 0.2) is 5.78 Å². The molecule has 0 radical (unpaired) electrons. The lowest BCUT2D eigenvalue weighted by Crippen LogP contribution is -2.35. The molecule has 0 aliphatic carbocycles. The number of morpholine rings is 1. The van der Waals surface area contributed by atoms with Crippen molar-refractivity contribution >= 4 is 23.1 Å². The Bertz CT molecular complexity index is 1150. The fraction of sp³-hybridized carbons (Fsp3) is 0.355. The van der Waals surface area contributed by atoms with Crippen molar-refractivity contribution in [2.45, 2.75) is 45.1 Å². The number of unbranched alkanes of at least 4 members (excludes halogenated alkanes) is 3. The Morgan fingerprint density at radius 2 is 1.41 bits per heavy atom. The van der Waals surface area contributed by atoms with E-state index in [0.29, 0.717) is 24.2 Å². The third-order valence-electron chi connectivity index (χ3n) is 6.80. The van der Waals surface area contributed by atoms with Crippen LogP contribution < -0.4 is 11.1 Å². The molecular formula is C31H37N3O3. The minimum absolute atomic E-state index is 0.0270. The number of hydrogen-bond donors (Lipinski definition) is 2. The van der Waals surface area contributed by atoms with Gasteiger partial charge in [-0.3, -0.25) is 14.5 Å². The fourth-order valence-corrected chi connectivity index (χ4v) is 4.56. The van der Waals surface area contributed by atoms with Crippen LogP contribution in [0.5, 0.6) is 0 Å². The number of Topliss-reactive ketones (excluding diaryl/α,β-unsaturated/α-hetero) is 1. The Morgan fingerprint density at radius 1 is 0.784 bits per heavy atom. The van der Waals surface area contributed by atoms with Crippen LogP contribution >= 0.6 is 0 Å². The molecule has 37 heavy (non-hydrogen) atoms. The smallest absolute Gasteiger partial charge is 0.224 e. The van der Waals surface area contributed by atoms with E-state index in [0.717, 1.165) is 75.2 Å². The maximum atomic E-state index is 12.6. The molecule has 3 aromatic rings. The average molecular weight is 500 g/mol. The summed E-state index contributed by atoms with van der Waals surface area (Å²) < 4.78 is 5.42. The molecule has 0 aromatic heterocycles.